The quantitative estimate of drug-likeness (QED) is 0.724. The molecule has 20 heavy (non-hydrogen) atoms. The molecule has 112 valence electrons. The summed E-state index contributed by atoms with van der Waals surface area (Å²) in [7, 11) is 2.06. The van der Waals surface area contributed by atoms with E-state index in [0.717, 1.165) is 18.7 Å². The summed E-state index contributed by atoms with van der Waals surface area (Å²) < 4.78 is 0. The second kappa shape index (κ2) is 8.87. The van der Waals surface area contributed by atoms with Gasteiger partial charge in [0.2, 0.25) is 0 Å². The number of carbonyl (C=O) groups is 1. The van der Waals surface area contributed by atoms with Gasteiger partial charge in [0.1, 0.15) is 0 Å². The molecule has 2 N–H and O–H groups in total. The molecule has 0 aliphatic rings. The highest BCUT2D eigenvalue weighted by atomic mass is 32.2. The summed E-state index contributed by atoms with van der Waals surface area (Å²) >= 11 is 1.69. The maximum absolute atomic E-state index is 10.9. The summed E-state index contributed by atoms with van der Waals surface area (Å²) in [5, 5.41) is 11.5. The first-order valence-corrected chi connectivity index (χ1v) is 7.85. The minimum absolute atomic E-state index is 0.0288. The molecule has 0 aromatic heterocycles. The Balaban J connectivity index is 2.45. The van der Waals surface area contributed by atoms with Crippen molar-refractivity contribution in [1.29, 1.82) is 0 Å². The van der Waals surface area contributed by atoms with Crippen molar-refractivity contribution in [1.82, 2.24) is 10.2 Å². The number of thioether (sulfide) groups is 1. The van der Waals surface area contributed by atoms with Gasteiger partial charge in [0.05, 0.1) is 0 Å². The third-order valence-corrected chi connectivity index (χ3v) is 4.41. The molecule has 1 rings (SSSR count). The molecule has 1 unspecified atom stereocenters. The second-order valence-corrected chi connectivity index (χ2v) is 6.23. The molecule has 0 bridgehead atoms. The van der Waals surface area contributed by atoms with Gasteiger partial charge in [-0.05, 0) is 39.4 Å². The highest BCUT2D eigenvalue weighted by Crippen LogP contribution is 2.19. The van der Waals surface area contributed by atoms with Crippen molar-refractivity contribution >= 4 is 17.9 Å². The Kier molecular flexibility index (Phi) is 7.47. The normalized spacial score (nSPS) is 12.7. The molecule has 0 radical (unpaired) electrons. The standard InChI is InChI=1S/C15H24N2O2S/c1-12(2)17(3)10-9-13(16-15(18)19)11-20-14-7-5-4-6-8-14/h4-8,12-13,16H,9-11H2,1-3H3,(H,18,19). The average Bonchev–Trinajstić information content (AvgIpc) is 2.42. The van der Waals surface area contributed by atoms with Gasteiger partial charge < -0.3 is 15.3 Å². The van der Waals surface area contributed by atoms with Gasteiger partial charge in [0.15, 0.2) is 0 Å². The molecule has 0 aliphatic carbocycles. The van der Waals surface area contributed by atoms with Crippen molar-refractivity contribution in [2.45, 2.75) is 37.2 Å². The minimum Gasteiger partial charge on any atom is -0.465 e. The largest absolute Gasteiger partial charge is 0.465 e. The van der Waals surface area contributed by atoms with Crippen LogP contribution in [0, 0.1) is 0 Å². The van der Waals surface area contributed by atoms with Crippen LogP contribution >= 0.6 is 11.8 Å². The molecule has 5 heteroatoms. The molecular weight excluding hydrogens is 272 g/mol. The van der Waals surface area contributed by atoms with E-state index in [1.807, 2.05) is 30.3 Å². The third-order valence-electron chi connectivity index (χ3n) is 3.23. The summed E-state index contributed by atoms with van der Waals surface area (Å²) in [6.45, 7) is 5.16. The molecular formula is C15H24N2O2S. The van der Waals surface area contributed by atoms with Crippen LogP contribution in [0.4, 0.5) is 4.79 Å². The fourth-order valence-corrected chi connectivity index (χ4v) is 2.70. The fraction of sp³-hybridized carbons (Fsp3) is 0.533. The average molecular weight is 296 g/mol. The van der Waals surface area contributed by atoms with Gasteiger partial charge in [-0.15, -0.1) is 11.8 Å². The Hall–Kier alpha value is -1.20. The van der Waals surface area contributed by atoms with E-state index in [2.05, 4.69) is 31.1 Å². The predicted octanol–water partition coefficient (Wildman–Crippen LogP) is 3.15. The summed E-state index contributed by atoms with van der Waals surface area (Å²) in [5.74, 6) is 0.752. The maximum atomic E-state index is 10.9. The van der Waals surface area contributed by atoms with Gasteiger partial charge in [-0.1, -0.05) is 18.2 Å². The minimum atomic E-state index is -0.948. The number of nitrogens with one attached hydrogen (secondary N) is 1. The Morgan fingerprint density at radius 2 is 2.00 bits per heavy atom. The van der Waals surface area contributed by atoms with E-state index in [9.17, 15) is 4.79 Å². The number of carboxylic acid groups (broad SMARTS) is 1. The molecule has 1 atom stereocenters. The number of hydrogen-bond donors (Lipinski definition) is 2. The van der Waals surface area contributed by atoms with E-state index in [-0.39, 0.29) is 6.04 Å². The van der Waals surface area contributed by atoms with Crippen molar-refractivity contribution in [2.75, 3.05) is 19.3 Å². The van der Waals surface area contributed by atoms with E-state index in [1.54, 1.807) is 11.8 Å². The van der Waals surface area contributed by atoms with Gasteiger partial charge in [0.25, 0.3) is 0 Å². The first-order valence-electron chi connectivity index (χ1n) is 6.86. The van der Waals surface area contributed by atoms with Crippen LogP contribution in [-0.2, 0) is 0 Å². The van der Waals surface area contributed by atoms with Crippen LogP contribution in [-0.4, -0.2) is 47.5 Å². The molecule has 0 aliphatic heterocycles. The molecule has 0 fully saturated rings. The Bertz CT molecular complexity index is 398. The van der Waals surface area contributed by atoms with Crippen molar-refractivity contribution in [3.05, 3.63) is 30.3 Å². The zero-order chi connectivity index (χ0) is 15.0. The van der Waals surface area contributed by atoms with Crippen LogP contribution in [0.2, 0.25) is 0 Å². The maximum Gasteiger partial charge on any atom is 0.404 e. The molecule has 4 nitrogen and oxygen atoms in total. The molecule has 1 amide bonds. The topological polar surface area (TPSA) is 52.6 Å². The lowest BCUT2D eigenvalue weighted by molar-refractivity contribution is 0.188. The smallest absolute Gasteiger partial charge is 0.404 e. The first-order chi connectivity index (χ1) is 9.49. The van der Waals surface area contributed by atoms with Crippen LogP contribution in [0.15, 0.2) is 35.2 Å². The summed E-state index contributed by atoms with van der Waals surface area (Å²) in [6, 6.07) is 10.5. The van der Waals surface area contributed by atoms with Gasteiger partial charge in [-0.3, -0.25) is 0 Å². The second-order valence-electron chi connectivity index (χ2n) is 5.13. The number of hydrogen-bond acceptors (Lipinski definition) is 3. The van der Waals surface area contributed by atoms with Crippen LogP contribution < -0.4 is 5.32 Å². The van der Waals surface area contributed by atoms with Gasteiger partial charge in [-0.25, -0.2) is 4.79 Å². The SMILES string of the molecule is CC(C)N(C)CCC(CSc1ccccc1)NC(=O)O. The van der Waals surface area contributed by atoms with Crippen molar-refractivity contribution in [3.8, 4) is 0 Å². The summed E-state index contributed by atoms with van der Waals surface area (Å²) in [5.41, 5.74) is 0. The Labute approximate surface area is 125 Å². The Morgan fingerprint density at radius 3 is 2.55 bits per heavy atom. The lowest BCUT2D eigenvalue weighted by Crippen LogP contribution is -2.39. The van der Waals surface area contributed by atoms with E-state index in [0.29, 0.717) is 6.04 Å². The van der Waals surface area contributed by atoms with E-state index < -0.39 is 6.09 Å². The highest BCUT2D eigenvalue weighted by Gasteiger charge is 2.14. The van der Waals surface area contributed by atoms with Gasteiger partial charge >= 0.3 is 6.09 Å². The zero-order valence-electron chi connectivity index (χ0n) is 12.4. The summed E-state index contributed by atoms with van der Waals surface area (Å²) in [6.07, 6.45) is -0.128. The van der Waals surface area contributed by atoms with Gasteiger partial charge in [0, 0.05) is 29.3 Å². The zero-order valence-corrected chi connectivity index (χ0v) is 13.2. The van der Waals surface area contributed by atoms with Crippen molar-refractivity contribution in [3.63, 3.8) is 0 Å². The van der Waals surface area contributed by atoms with E-state index in [1.165, 1.54) is 4.90 Å². The number of amides is 1. The number of nitrogens with zero attached hydrogens (tertiary/aromatic N) is 1. The van der Waals surface area contributed by atoms with Crippen LogP contribution in [0.5, 0.6) is 0 Å². The first kappa shape index (κ1) is 16.9. The van der Waals surface area contributed by atoms with Crippen LogP contribution in [0.3, 0.4) is 0 Å². The summed E-state index contributed by atoms with van der Waals surface area (Å²) in [4.78, 5) is 14.3. The lowest BCUT2D eigenvalue weighted by Gasteiger charge is -2.24. The number of rotatable bonds is 8. The lowest BCUT2D eigenvalue weighted by atomic mass is 10.2. The van der Waals surface area contributed by atoms with Crippen LogP contribution in [0.25, 0.3) is 0 Å². The third kappa shape index (κ3) is 6.82. The highest BCUT2D eigenvalue weighted by molar-refractivity contribution is 7.99. The van der Waals surface area contributed by atoms with E-state index >= 15 is 0 Å². The van der Waals surface area contributed by atoms with E-state index in [4.69, 9.17) is 5.11 Å². The molecule has 0 saturated carbocycles. The van der Waals surface area contributed by atoms with Crippen molar-refractivity contribution in [2.24, 2.45) is 0 Å². The fourth-order valence-electron chi connectivity index (χ4n) is 1.70. The van der Waals surface area contributed by atoms with Gasteiger partial charge in [-0.2, -0.15) is 0 Å². The molecule has 0 spiro atoms. The van der Waals surface area contributed by atoms with Crippen LogP contribution in [0.1, 0.15) is 20.3 Å². The molecule has 1 aromatic carbocycles. The molecule has 0 heterocycles. The van der Waals surface area contributed by atoms with Crippen molar-refractivity contribution < 1.29 is 9.90 Å². The Morgan fingerprint density at radius 1 is 1.35 bits per heavy atom. The monoisotopic (exact) mass is 296 g/mol. The number of benzene rings is 1. The molecule has 1 aromatic rings. The predicted molar refractivity (Wildman–Crippen MR) is 84.5 cm³/mol. The molecule has 0 saturated heterocycles.